The number of rotatable bonds is 9. The van der Waals surface area contributed by atoms with E-state index in [0.717, 1.165) is 26.1 Å². The number of nitrogens with one attached hydrogen (secondary N) is 2. The van der Waals surface area contributed by atoms with Crippen LogP contribution in [-0.4, -0.2) is 39.3 Å². The second-order valence-corrected chi connectivity index (χ2v) is 4.79. The Hall–Kier alpha value is -0.610. The maximum absolute atomic E-state index is 11.5. The van der Waals surface area contributed by atoms with Crippen molar-refractivity contribution in [1.29, 1.82) is 0 Å². The topological polar surface area (TPSA) is 50.4 Å². The van der Waals surface area contributed by atoms with Crippen LogP contribution < -0.4 is 10.6 Å². The monoisotopic (exact) mass is 230 g/mol. The molecule has 16 heavy (non-hydrogen) atoms. The van der Waals surface area contributed by atoms with Crippen molar-refractivity contribution in [2.75, 3.05) is 33.4 Å². The van der Waals surface area contributed by atoms with Crippen molar-refractivity contribution in [2.24, 2.45) is 5.41 Å². The molecule has 0 aliphatic rings. The van der Waals surface area contributed by atoms with Crippen molar-refractivity contribution in [3.05, 3.63) is 0 Å². The lowest BCUT2D eigenvalue weighted by Crippen LogP contribution is -2.35. The van der Waals surface area contributed by atoms with Crippen molar-refractivity contribution in [3.63, 3.8) is 0 Å². The van der Waals surface area contributed by atoms with Gasteiger partial charge in [-0.2, -0.15) is 0 Å². The SMILES string of the molecule is CCNCCC(=O)NCC(C)(C)CCOC. The summed E-state index contributed by atoms with van der Waals surface area (Å²) in [6, 6.07) is 0. The van der Waals surface area contributed by atoms with E-state index in [1.807, 2.05) is 6.92 Å². The quantitative estimate of drug-likeness (QED) is 0.585. The Labute approximate surface area is 99.1 Å². The molecule has 0 saturated carbocycles. The molecule has 0 rings (SSSR count). The zero-order valence-corrected chi connectivity index (χ0v) is 11.1. The van der Waals surface area contributed by atoms with Crippen LogP contribution in [-0.2, 0) is 9.53 Å². The summed E-state index contributed by atoms with van der Waals surface area (Å²) in [5.41, 5.74) is 0.101. The highest BCUT2D eigenvalue weighted by Crippen LogP contribution is 2.18. The number of hydrogen-bond donors (Lipinski definition) is 2. The predicted molar refractivity (Wildman–Crippen MR) is 66.4 cm³/mol. The summed E-state index contributed by atoms with van der Waals surface area (Å²) in [7, 11) is 1.70. The summed E-state index contributed by atoms with van der Waals surface area (Å²) in [4.78, 5) is 11.5. The minimum Gasteiger partial charge on any atom is -0.385 e. The van der Waals surface area contributed by atoms with Crippen molar-refractivity contribution >= 4 is 5.91 Å². The Morgan fingerprint density at radius 2 is 2.06 bits per heavy atom. The normalized spacial score (nSPS) is 11.5. The van der Waals surface area contributed by atoms with Gasteiger partial charge in [0.15, 0.2) is 0 Å². The molecule has 0 unspecified atom stereocenters. The van der Waals surface area contributed by atoms with Gasteiger partial charge in [-0.15, -0.1) is 0 Å². The van der Waals surface area contributed by atoms with Crippen LogP contribution >= 0.6 is 0 Å². The van der Waals surface area contributed by atoms with Gasteiger partial charge in [0.05, 0.1) is 0 Å². The van der Waals surface area contributed by atoms with Gasteiger partial charge in [-0.05, 0) is 18.4 Å². The van der Waals surface area contributed by atoms with Crippen molar-refractivity contribution in [1.82, 2.24) is 10.6 Å². The first-order chi connectivity index (χ1) is 7.52. The van der Waals surface area contributed by atoms with Crippen LogP contribution in [0.2, 0.25) is 0 Å². The molecular weight excluding hydrogens is 204 g/mol. The molecule has 0 atom stereocenters. The van der Waals surface area contributed by atoms with Gasteiger partial charge in [-0.1, -0.05) is 20.8 Å². The van der Waals surface area contributed by atoms with E-state index in [-0.39, 0.29) is 11.3 Å². The second kappa shape index (κ2) is 8.53. The lowest BCUT2D eigenvalue weighted by Gasteiger charge is -2.24. The third kappa shape index (κ3) is 8.68. The summed E-state index contributed by atoms with van der Waals surface area (Å²) in [6.07, 6.45) is 1.51. The Morgan fingerprint density at radius 3 is 2.62 bits per heavy atom. The summed E-state index contributed by atoms with van der Waals surface area (Å²) in [5, 5.41) is 6.09. The Bertz CT molecular complexity index is 193. The summed E-state index contributed by atoms with van der Waals surface area (Å²) >= 11 is 0. The fourth-order valence-corrected chi connectivity index (χ4v) is 1.27. The first-order valence-corrected chi connectivity index (χ1v) is 5.98. The van der Waals surface area contributed by atoms with Crippen molar-refractivity contribution in [3.8, 4) is 0 Å². The summed E-state index contributed by atoms with van der Waals surface area (Å²) in [5.74, 6) is 0.117. The standard InChI is InChI=1S/C12H26N2O2/c1-5-13-8-6-11(15)14-10-12(2,3)7-9-16-4/h13H,5-10H2,1-4H3,(H,14,15). The van der Waals surface area contributed by atoms with Gasteiger partial charge in [-0.3, -0.25) is 4.79 Å². The van der Waals surface area contributed by atoms with Gasteiger partial charge in [0.1, 0.15) is 0 Å². The molecule has 96 valence electrons. The molecule has 0 saturated heterocycles. The molecular formula is C12H26N2O2. The average molecular weight is 230 g/mol. The molecule has 0 aromatic carbocycles. The molecule has 0 fully saturated rings. The van der Waals surface area contributed by atoms with E-state index in [4.69, 9.17) is 4.74 Å². The molecule has 0 aliphatic carbocycles. The predicted octanol–water partition coefficient (Wildman–Crippen LogP) is 1.16. The average Bonchev–Trinajstić information content (AvgIpc) is 2.24. The minimum absolute atomic E-state index is 0.101. The Kier molecular flexibility index (Phi) is 8.21. The summed E-state index contributed by atoms with van der Waals surface area (Å²) < 4.78 is 5.04. The number of carbonyl (C=O) groups is 1. The van der Waals surface area contributed by atoms with E-state index in [0.29, 0.717) is 13.0 Å². The molecule has 0 radical (unpaired) electrons. The molecule has 0 heterocycles. The highest BCUT2D eigenvalue weighted by atomic mass is 16.5. The molecule has 4 nitrogen and oxygen atoms in total. The molecule has 0 aromatic rings. The molecule has 0 bridgehead atoms. The Balaban J connectivity index is 3.64. The second-order valence-electron chi connectivity index (χ2n) is 4.79. The largest absolute Gasteiger partial charge is 0.385 e. The van der Waals surface area contributed by atoms with E-state index in [1.165, 1.54) is 0 Å². The molecule has 0 aromatic heterocycles. The first-order valence-electron chi connectivity index (χ1n) is 5.98. The lowest BCUT2D eigenvalue weighted by molar-refractivity contribution is -0.121. The molecule has 0 aliphatic heterocycles. The summed E-state index contributed by atoms with van der Waals surface area (Å²) in [6.45, 7) is 9.41. The van der Waals surface area contributed by atoms with Crippen LogP contribution in [0.25, 0.3) is 0 Å². The smallest absolute Gasteiger partial charge is 0.221 e. The minimum atomic E-state index is 0.101. The fraction of sp³-hybridized carbons (Fsp3) is 0.917. The van der Waals surface area contributed by atoms with Gasteiger partial charge in [0.2, 0.25) is 5.91 Å². The zero-order chi connectivity index (χ0) is 12.4. The Morgan fingerprint density at radius 1 is 1.38 bits per heavy atom. The van der Waals surface area contributed by atoms with Gasteiger partial charge in [0, 0.05) is 33.2 Å². The van der Waals surface area contributed by atoms with Crippen molar-refractivity contribution in [2.45, 2.75) is 33.6 Å². The van der Waals surface area contributed by atoms with Crippen LogP contribution in [0.5, 0.6) is 0 Å². The van der Waals surface area contributed by atoms with E-state index >= 15 is 0 Å². The third-order valence-electron chi connectivity index (χ3n) is 2.53. The van der Waals surface area contributed by atoms with Crippen LogP contribution in [0.1, 0.15) is 33.6 Å². The highest BCUT2D eigenvalue weighted by Gasteiger charge is 2.18. The van der Waals surface area contributed by atoms with Crippen LogP contribution in [0.4, 0.5) is 0 Å². The number of carbonyl (C=O) groups excluding carboxylic acids is 1. The van der Waals surface area contributed by atoms with Crippen molar-refractivity contribution < 1.29 is 9.53 Å². The van der Waals surface area contributed by atoms with E-state index in [1.54, 1.807) is 7.11 Å². The van der Waals surface area contributed by atoms with Gasteiger partial charge >= 0.3 is 0 Å². The molecule has 2 N–H and O–H groups in total. The van der Waals surface area contributed by atoms with Crippen LogP contribution in [0.15, 0.2) is 0 Å². The number of methoxy groups -OCH3 is 1. The van der Waals surface area contributed by atoms with E-state index < -0.39 is 0 Å². The zero-order valence-electron chi connectivity index (χ0n) is 11.1. The number of hydrogen-bond acceptors (Lipinski definition) is 3. The van der Waals surface area contributed by atoms with Gasteiger partial charge < -0.3 is 15.4 Å². The maximum Gasteiger partial charge on any atom is 0.221 e. The molecule has 4 heteroatoms. The van der Waals surface area contributed by atoms with E-state index in [2.05, 4.69) is 24.5 Å². The maximum atomic E-state index is 11.5. The molecule has 0 spiro atoms. The third-order valence-corrected chi connectivity index (χ3v) is 2.53. The number of ether oxygens (including phenoxy) is 1. The lowest BCUT2D eigenvalue weighted by atomic mass is 9.90. The fourth-order valence-electron chi connectivity index (χ4n) is 1.27. The van der Waals surface area contributed by atoms with Gasteiger partial charge in [0.25, 0.3) is 0 Å². The number of amides is 1. The van der Waals surface area contributed by atoms with E-state index in [9.17, 15) is 4.79 Å². The highest BCUT2D eigenvalue weighted by molar-refractivity contribution is 5.76. The van der Waals surface area contributed by atoms with Crippen LogP contribution in [0.3, 0.4) is 0 Å². The first kappa shape index (κ1) is 15.4. The van der Waals surface area contributed by atoms with Gasteiger partial charge in [-0.25, -0.2) is 0 Å². The van der Waals surface area contributed by atoms with Crippen LogP contribution in [0, 0.1) is 5.41 Å². The molecule has 1 amide bonds.